The van der Waals surface area contributed by atoms with Crippen molar-refractivity contribution < 1.29 is 19.8 Å². The van der Waals surface area contributed by atoms with Crippen molar-refractivity contribution in [2.75, 3.05) is 0 Å². The highest BCUT2D eigenvalue weighted by atomic mass is 16.4. The van der Waals surface area contributed by atoms with E-state index in [9.17, 15) is 9.59 Å². The number of rotatable bonds is 7. The maximum absolute atomic E-state index is 11.0. The van der Waals surface area contributed by atoms with Crippen LogP contribution in [0.3, 0.4) is 0 Å². The highest BCUT2D eigenvalue weighted by molar-refractivity contribution is 5.76. The van der Waals surface area contributed by atoms with Gasteiger partial charge in [-0.2, -0.15) is 0 Å². The maximum Gasteiger partial charge on any atom is 0.320 e. The third kappa shape index (κ3) is 4.41. The number of hydrogen-bond acceptors (Lipinski definition) is 4. The average Bonchev–Trinajstić information content (AvgIpc) is 2.55. The molecular formula is C18H20N2O4. The summed E-state index contributed by atoms with van der Waals surface area (Å²) < 4.78 is 0. The van der Waals surface area contributed by atoms with E-state index in [1.54, 1.807) is 0 Å². The van der Waals surface area contributed by atoms with Crippen LogP contribution in [0.25, 0.3) is 11.1 Å². The zero-order chi connectivity index (χ0) is 17.7. The molecule has 0 saturated carbocycles. The molecule has 24 heavy (non-hydrogen) atoms. The molecule has 2 aromatic carbocycles. The molecule has 0 heterocycles. The quantitative estimate of drug-likeness (QED) is 0.606. The number of carbonyl (C=O) groups is 2. The van der Waals surface area contributed by atoms with Crippen molar-refractivity contribution in [1.82, 2.24) is 0 Å². The van der Waals surface area contributed by atoms with Crippen LogP contribution in [0.5, 0.6) is 0 Å². The predicted molar refractivity (Wildman–Crippen MR) is 90.5 cm³/mol. The second-order valence-electron chi connectivity index (χ2n) is 5.66. The number of hydrogen-bond donors (Lipinski definition) is 4. The first-order valence-electron chi connectivity index (χ1n) is 7.52. The van der Waals surface area contributed by atoms with Crippen molar-refractivity contribution in [3.8, 4) is 11.1 Å². The van der Waals surface area contributed by atoms with Gasteiger partial charge in [-0.25, -0.2) is 0 Å². The third-order valence-corrected chi connectivity index (χ3v) is 3.79. The Morgan fingerprint density at radius 1 is 0.875 bits per heavy atom. The van der Waals surface area contributed by atoms with Crippen LogP contribution in [-0.2, 0) is 22.4 Å². The van der Waals surface area contributed by atoms with Crippen molar-refractivity contribution in [3.63, 3.8) is 0 Å². The van der Waals surface area contributed by atoms with Crippen LogP contribution in [0.2, 0.25) is 0 Å². The van der Waals surface area contributed by atoms with Gasteiger partial charge in [0.2, 0.25) is 0 Å². The summed E-state index contributed by atoms with van der Waals surface area (Å²) in [4.78, 5) is 21.9. The van der Waals surface area contributed by atoms with Gasteiger partial charge < -0.3 is 21.7 Å². The summed E-state index contributed by atoms with van der Waals surface area (Å²) in [6.07, 6.45) is 0.435. The van der Waals surface area contributed by atoms with E-state index in [0.29, 0.717) is 0 Å². The first-order valence-corrected chi connectivity index (χ1v) is 7.52. The molecule has 0 aliphatic carbocycles. The lowest BCUT2D eigenvalue weighted by atomic mass is 9.93. The molecule has 126 valence electrons. The molecule has 0 amide bonds. The summed E-state index contributed by atoms with van der Waals surface area (Å²) in [6.45, 7) is 0. The van der Waals surface area contributed by atoms with Gasteiger partial charge in [-0.1, -0.05) is 48.5 Å². The Balaban J connectivity index is 2.32. The van der Waals surface area contributed by atoms with Gasteiger partial charge in [-0.3, -0.25) is 9.59 Å². The van der Waals surface area contributed by atoms with Crippen molar-refractivity contribution in [3.05, 3.63) is 59.7 Å². The molecule has 6 heteroatoms. The maximum atomic E-state index is 11.0. The Morgan fingerprint density at radius 2 is 1.50 bits per heavy atom. The molecule has 0 aliphatic heterocycles. The van der Waals surface area contributed by atoms with Crippen LogP contribution in [0, 0.1) is 0 Å². The highest BCUT2D eigenvalue weighted by Crippen LogP contribution is 2.26. The molecule has 0 aliphatic rings. The van der Waals surface area contributed by atoms with Crippen LogP contribution in [0.15, 0.2) is 48.5 Å². The van der Waals surface area contributed by atoms with Gasteiger partial charge in [-0.15, -0.1) is 0 Å². The van der Waals surface area contributed by atoms with E-state index < -0.39 is 24.0 Å². The molecule has 6 N–H and O–H groups in total. The van der Waals surface area contributed by atoms with Gasteiger partial charge in [0.15, 0.2) is 0 Å². The zero-order valence-electron chi connectivity index (χ0n) is 13.1. The second kappa shape index (κ2) is 7.72. The van der Waals surface area contributed by atoms with Crippen LogP contribution in [0.4, 0.5) is 0 Å². The Hall–Kier alpha value is -2.70. The first kappa shape index (κ1) is 17.7. The van der Waals surface area contributed by atoms with E-state index in [1.165, 1.54) is 0 Å². The summed E-state index contributed by atoms with van der Waals surface area (Å²) >= 11 is 0. The minimum Gasteiger partial charge on any atom is -0.480 e. The molecule has 0 unspecified atom stereocenters. The molecule has 2 atom stereocenters. The summed E-state index contributed by atoms with van der Waals surface area (Å²) in [5.74, 6) is -2.10. The molecule has 0 saturated heterocycles. The van der Waals surface area contributed by atoms with Gasteiger partial charge in [-0.05, 0) is 35.1 Å². The Labute approximate surface area is 139 Å². The summed E-state index contributed by atoms with van der Waals surface area (Å²) in [7, 11) is 0. The molecule has 0 aromatic heterocycles. The smallest absolute Gasteiger partial charge is 0.320 e. The summed E-state index contributed by atoms with van der Waals surface area (Å²) in [5.41, 5.74) is 14.6. The fraction of sp³-hybridized carbons (Fsp3) is 0.222. The van der Waals surface area contributed by atoms with E-state index in [0.717, 1.165) is 22.3 Å². The zero-order valence-corrected chi connectivity index (χ0v) is 13.1. The largest absolute Gasteiger partial charge is 0.480 e. The summed E-state index contributed by atoms with van der Waals surface area (Å²) in [5, 5.41) is 17.9. The average molecular weight is 328 g/mol. The van der Waals surface area contributed by atoms with Gasteiger partial charge in [0, 0.05) is 0 Å². The van der Waals surface area contributed by atoms with E-state index in [1.807, 2.05) is 48.5 Å². The summed E-state index contributed by atoms with van der Waals surface area (Å²) in [6, 6.07) is 12.9. The van der Waals surface area contributed by atoms with Gasteiger partial charge >= 0.3 is 11.9 Å². The first-order chi connectivity index (χ1) is 11.4. The third-order valence-electron chi connectivity index (χ3n) is 3.79. The van der Waals surface area contributed by atoms with E-state index in [-0.39, 0.29) is 12.8 Å². The lowest BCUT2D eigenvalue weighted by Crippen LogP contribution is -2.32. The number of nitrogens with two attached hydrogens (primary N) is 2. The monoisotopic (exact) mass is 328 g/mol. The van der Waals surface area contributed by atoms with Crippen LogP contribution >= 0.6 is 0 Å². The SMILES string of the molecule is N[C@@H](Cc1cccc(-c2ccccc2C[C@H](N)C(=O)O)c1)C(=O)O. The van der Waals surface area contributed by atoms with Crippen molar-refractivity contribution in [2.45, 2.75) is 24.9 Å². The number of carboxylic acids is 2. The topological polar surface area (TPSA) is 127 Å². The van der Waals surface area contributed by atoms with E-state index in [4.69, 9.17) is 21.7 Å². The minimum absolute atomic E-state index is 0.213. The highest BCUT2D eigenvalue weighted by Gasteiger charge is 2.16. The molecule has 2 aromatic rings. The van der Waals surface area contributed by atoms with E-state index in [2.05, 4.69) is 0 Å². The van der Waals surface area contributed by atoms with Crippen molar-refractivity contribution >= 4 is 11.9 Å². The van der Waals surface area contributed by atoms with Gasteiger partial charge in [0.25, 0.3) is 0 Å². The fourth-order valence-corrected chi connectivity index (χ4v) is 2.51. The molecule has 0 radical (unpaired) electrons. The van der Waals surface area contributed by atoms with Crippen molar-refractivity contribution in [2.24, 2.45) is 11.5 Å². The second-order valence-corrected chi connectivity index (χ2v) is 5.66. The molecule has 6 nitrogen and oxygen atoms in total. The lowest BCUT2D eigenvalue weighted by Gasteiger charge is -2.13. The Kier molecular flexibility index (Phi) is 5.68. The Morgan fingerprint density at radius 3 is 2.17 bits per heavy atom. The fourth-order valence-electron chi connectivity index (χ4n) is 2.51. The predicted octanol–water partition coefficient (Wildman–Crippen LogP) is 1.26. The molecule has 2 rings (SSSR count). The van der Waals surface area contributed by atoms with Gasteiger partial charge in [0.1, 0.15) is 12.1 Å². The number of benzene rings is 2. The molecule has 0 spiro atoms. The normalized spacial score (nSPS) is 13.2. The van der Waals surface area contributed by atoms with Crippen LogP contribution in [0.1, 0.15) is 11.1 Å². The molecule has 0 bridgehead atoms. The molecule has 0 fully saturated rings. The Bertz CT molecular complexity index is 745. The van der Waals surface area contributed by atoms with Crippen molar-refractivity contribution in [1.29, 1.82) is 0 Å². The van der Waals surface area contributed by atoms with E-state index >= 15 is 0 Å². The van der Waals surface area contributed by atoms with Crippen LogP contribution < -0.4 is 11.5 Å². The van der Waals surface area contributed by atoms with Gasteiger partial charge in [0.05, 0.1) is 0 Å². The van der Waals surface area contributed by atoms with Crippen LogP contribution in [-0.4, -0.2) is 34.2 Å². The standard InChI is InChI=1S/C18H20N2O4/c19-15(17(21)22)9-11-4-3-6-12(8-11)14-7-2-1-5-13(14)10-16(20)18(23)24/h1-8,15-16H,9-10,19-20H2,(H,21,22)(H,23,24)/t15-,16-/m0/s1. The number of aliphatic carboxylic acids is 2. The minimum atomic E-state index is -1.05. The molecular weight excluding hydrogens is 308 g/mol. The number of carboxylic acid groups (broad SMARTS) is 2. The lowest BCUT2D eigenvalue weighted by molar-refractivity contribution is -0.139.